The Balaban J connectivity index is 1.42. The maximum atomic E-state index is 13.5. The van der Waals surface area contributed by atoms with Gasteiger partial charge < -0.3 is 10.2 Å². The fourth-order valence-corrected chi connectivity index (χ4v) is 5.75. The summed E-state index contributed by atoms with van der Waals surface area (Å²) in [5.74, 6) is 0.115. The zero-order valence-corrected chi connectivity index (χ0v) is 17.4. The number of piperidine rings is 1. The van der Waals surface area contributed by atoms with Crippen LogP contribution in [0.5, 0.6) is 0 Å². The maximum Gasteiger partial charge on any atom is 0.220 e. The van der Waals surface area contributed by atoms with Crippen molar-refractivity contribution in [3.63, 3.8) is 0 Å². The average molecular weight is 408 g/mol. The largest absolute Gasteiger partial charge is 0.371 e. The van der Waals surface area contributed by atoms with E-state index in [4.69, 9.17) is 0 Å². The number of anilines is 1. The van der Waals surface area contributed by atoms with E-state index in [0.717, 1.165) is 51.1 Å². The summed E-state index contributed by atoms with van der Waals surface area (Å²) in [4.78, 5) is 17.3. The molecule has 0 saturated carbocycles. The summed E-state index contributed by atoms with van der Waals surface area (Å²) >= 11 is 0. The number of carbonyl (C=O) groups is 1. The highest BCUT2D eigenvalue weighted by atomic mass is 19.1. The molecule has 0 unspecified atom stereocenters. The van der Waals surface area contributed by atoms with Crippen LogP contribution in [-0.2, 0) is 11.3 Å². The van der Waals surface area contributed by atoms with Crippen LogP contribution in [0.3, 0.4) is 0 Å². The number of rotatable bonds is 4. The lowest BCUT2D eigenvalue weighted by atomic mass is 9.76. The first-order valence-electron chi connectivity index (χ1n) is 11.2. The second-order valence-corrected chi connectivity index (χ2v) is 9.15. The number of hydrogen-bond acceptors (Lipinski definition) is 3. The minimum absolute atomic E-state index is 0.146. The Hall–Kier alpha value is -2.40. The number of para-hydroxylation sites is 1. The minimum atomic E-state index is -0.254. The Labute approximate surface area is 178 Å². The number of carbonyl (C=O) groups excluding carboxylic acids is 1. The molecule has 30 heavy (non-hydrogen) atoms. The summed E-state index contributed by atoms with van der Waals surface area (Å²) in [6.07, 6.45) is 5.03. The van der Waals surface area contributed by atoms with Crippen LogP contribution in [0.1, 0.15) is 49.1 Å². The van der Waals surface area contributed by atoms with Crippen molar-refractivity contribution in [1.82, 2.24) is 10.2 Å². The van der Waals surface area contributed by atoms with Crippen molar-refractivity contribution >= 4 is 11.6 Å². The van der Waals surface area contributed by atoms with Gasteiger partial charge in [0.05, 0.1) is 5.54 Å². The van der Waals surface area contributed by atoms with Crippen LogP contribution in [0.2, 0.25) is 0 Å². The number of amides is 1. The van der Waals surface area contributed by atoms with Gasteiger partial charge in [-0.1, -0.05) is 30.3 Å². The predicted octanol–water partition coefficient (Wildman–Crippen LogP) is 4.06. The molecule has 1 spiro atoms. The minimum Gasteiger partial charge on any atom is -0.371 e. The van der Waals surface area contributed by atoms with E-state index in [1.165, 1.54) is 24.1 Å². The Bertz CT molecular complexity index is 909. The predicted molar refractivity (Wildman–Crippen MR) is 117 cm³/mol. The van der Waals surface area contributed by atoms with Gasteiger partial charge in [0.1, 0.15) is 5.82 Å². The Morgan fingerprint density at radius 1 is 1.03 bits per heavy atom. The van der Waals surface area contributed by atoms with Gasteiger partial charge in [0.15, 0.2) is 0 Å². The first kappa shape index (κ1) is 19.6. The molecule has 3 heterocycles. The van der Waals surface area contributed by atoms with E-state index in [0.29, 0.717) is 6.42 Å². The van der Waals surface area contributed by atoms with Crippen LogP contribution in [0, 0.1) is 5.82 Å². The van der Waals surface area contributed by atoms with Crippen molar-refractivity contribution < 1.29 is 9.18 Å². The molecule has 2 atom stereocenters. The second kappa shape index (κ2) is 8.03. The SMILES string of the molecule is O=C1CCC[C@]2(CN(Cc3ccccc3N3CCCC3)C[C@H]2c2ccc(F)cc2)N1. The van der Waals surface area contributed by atoms with E-state index in [-0.39, 0.29) is 23.2 Å². The number of halogens is 1. The Kier molecular flexibility index (Phi) is 5.23. The van der Waals surface area contributed by atoms with Crippen molar-refractivity contribution in [2.45, 2.75) is 50.1 Å². The monoisotopic (exact) mass is 407 g/mol. The van der Waals surface area contributed by atoms with E-state index in [1.54, 1.807) is 12.1 Å². The number of nitrogens with zero attached hydrogens (tertiary/aromatic N) is 2. The highest BCUT2D eigenvalue weighted by Gasteiger charge is 2.49. The summed E-state index contributed by atoms with van der Waals surface area (Å²) in [6.45, 7) is 4.86. The molecule has 1 N–H and O–H groups in total. The number of hydrogen-bond donors (Lipinski definition) is 1. The van der Waals surface area contributed by atoms with Gasteiger partial charge >= 0.3 is 0 Å². The molecule has 4 nitrogen and oxygen atoms in total. The van der Waals surface area contributed by atoms with E-state index in [2.05, 4.69) is 39.4 Å². The lowest BCUT2D eigenvalue weighted by molar-refractivity contribution is -0.125. The summed E-state index contributed by atoms with van der Waals surface area (Å²) in [7, 11) is 0. The summed E-state index contributed by atoms with van der Waals surface area (Å²) in [6, 6.07) is 15.6. The van der Waals surface area contributed by atoms with Crippen LogP contribution in [0.4, 0.5) is 10.1 Å². The second-order valence-electron chi connectivity index (χ2n) is 9.15. The smallest absolute Gasteiger partial charge is 0.220 e. The van der Waals surface area contributed by atoms with Gasteiger partial charge in [-0.25, -0.2) is 4.39 Å². The molecule has 0 aromatic heterocycles. The zero-order valence-electron chi connectivity index (χ0n) is 17.4. The van der Waals surface area contributed by atoms with Crippen LogP contribution >= 0.6 is 0 Å². The van der Waals surface area contributed by atoms with Gasteiger partial charge in [0.2, 0.25) is 5.91 Å². The number of nitrogens with one attached hydrogen (secondary N) is 1. The Morgan fingerprint density at radius 2 is 1.80 bits per heavy atom. The van der Waals surface area contributed by atoms with Gasteiger partial charge in [-0.2, -0.15) is 0 Å². The zero-order chi connectivity index (χ0) is 20.6. The summed E-state index contributed by atoms with van der Waals surface area (Å²) in [5, 5.41) is 3.36. The molecule has 3 saturated heterocycles. The molecule has 2 aromatic carbocycles. The third kappa shape index (κ3) is 3.71. The third-order valence-corrected chi connectivity index (χ3v) is 7.13. The van der Waals surface area contributed by atoms with Crippen molar-refractivity contribution in [1.29, 1.82) is 0 Å². The molecule has 158 valence electrons. The molecular weight excluding hydrogens is 377 g/mol. The lowest BCUT2D eigenvalue weighted by Crippen LogP contribution is -2.56. The molecule has 5 heteroatoms. The van der Waals surface area contributed by atoms with Gasteiger partial charge in [0.25, 0.3) is 0 Å². The molecule has 0 aliphatic carbocycles. The van der Waals surface area contributed by atoms with Crippen molar-refractivity contribution in [2.75, 3.05) is 31.1 Å². The van der Waals surface area contributed by atoms with E-state index in [9.17, 15) is 9.18 Å². The molecule has 1 amide bonds. The summed E-state index contributed by atoms with van der Waals surface area (Å²) in [5.41, 5.74) is 3.57. The van der Waals surface area contributed by atoms with Crippen molar-refractivity contribution in [2.24, 2.45) is 0 Å². The molecule has 3 fully saturated rings. The third-order valence-electron chi connectivity index (χ3n) is 7.13. The van der Waals surface area contributed by atoms with Gasteiger partial charge in [-0.15, -0.1) is 0 Å². The first-order valence-corrected chi connectivity index (χ1v) is 11.2. The first-order chi connectivity index (χ1) is 14.6. The molecule has 5 rings (SSSR count). The fourth-order valence-electron chi connectivity index (χ4n) is 5.75. The van der Waals surface area contributed by atoms with E-state index in [1.807, 2.05) is 12.1 Å². The average Bonchev–Trinajstić information content (AvgIpc) is 3.38. The van der Waals surface area contributed by atoms with E-state index >= 15 is 0 Å². The topological polar surface area (TPSA) is 35.6 Å². The van der Waals surface area contributed by atoms with Crippen LogP contribution in [-0.4, -0.2) is 42.5 Å². The van der Waals surface area contributed by atoms with Crippen LogP contribution < -0.4 is 10.2 Å². The highest BCUT2D eigenvalue weighted by molar-refractivity contribution is 5.78. The van der Waals surface area contributed by atoms with Gasteiger partial charge in [-0.3, -0.25) is 9.69 Å². The van der Waals surface area contributed by atoms with E-state index < -0.39 is 0 Å². The van der Waals surface area contributed by atoms with Gasteiger partial charge in [-0.05, 0) is 55.0 Å². The molecule has 0 bridgehead atoms. The van der Waals surface area contributed by atoms with Crippen molar-refractivity contribution in [3.8, 4) is 0 Å². The summed E-state index contributed by atoms with van der Waals surface area (Å²) < 4.78 is 13.5. The number of benzene rings is 2. The Morgan fingerprint density at radius 3 is 2.57 bits per heavy atom. The van der Waals surface area contributed by atoms with Crippen LogP contribution in [0.25, 0.3) is 0 Å². The standard InChI is InChI=1S/C25H30FN3O/c26-21-11-9-19(10-12-21)22-17-28(18-25(22)13-5-8-24(30)27-25)16-20-6-1-2-7-23(20)29-14-3-4-15-29/h1-2,6-7,9-12,22H,3-5,8,13-18H2,(H,27,30)/t22-,25+/m0/s1. The quantitative estimate of drug-likeness (QED) is 0.830. The number of likely N-dealkylation sites (tertiary alicyclic amines) is 1. The molecular formula is C25H30FN3O. The van der Waals surface area contributed by atoms with Crippen LogP contribution in [0.15, 0.2) is 48.5 Å². The molecule has 3 aliphatic heterocycles. The molecule has 2 aromatic rings. The maximum absolute atomic E-state index is 13.5. The lowest BCUT2D eigenvalue weighted by Gasteiger charge is -2.39. The van der Waals surface area contributed by atoms with Crippen molar-refractivity contribution in [3.05, 3.63) is 65.5 Å². The van der Waals surface area contributed by atoms with Gasteiger partial charge in [0, 0.05) is 50.7 Å². The highest BCUT2D eigenvalue weighted by Crippen LogP contribution is 2.42. The molecule has 0 radical (unpaired) electrons. The fraction of sp³-hybridized carbons (Fsp3) is 0.480. The normalized spacial score (nSPS) is 27.0. The molecule has 3 aliphatic rings.